The number of rotatable bonds is 11. The normalized spacial score (nSPS) is 19.4. The maximum absolute atomic E-state index is 4.25. The van der Waals surface area contributed by atoms with Crippen molar-refractivity contribution in [2.45, 2.75) is 90.4 Å². The summed E-state index contributed by atoms with van der Waals surface area (Å²) in [6.07, 6.45) is 18.3. The van der Waals surface area contributed by atoms with Gasteiger partial charge in [-0.2, -0.15) is 10.2 Å². The largest absolute Gasteiger partial charge is 0.159 e. The molecule has 1 saturated carbocycles. The van der Waals surface area contributed by atoms with E-state index in [1.807, 2.05) is 12.4 Å². The molecule has 3 rings (SSSR count). The molecule has 0 unspecified atom stereocenters. The fraction of sp³-hybridized carbons (Fsp3) is 0.517. The number of unbranched alkanes of at least 4 members (excludes halogenated alkanes) is 3. The van der Waals surface area contributed by atoms with Gasteiger partial charge in [0.2, 0.25) is 0 Å². The third kappa shape index (κ3) is 8.09. The first-order valence-electron chi connectivity index (χ1n) is 12.5. The van der Waals surface area contributed by atoms with Gasteiger partial charge in [-0.3, -0.25) is 0 Å². The Morgan fingerprint density at radius 3 is 1.90 bits per heavy atom. The Labute approximate surface area is 189 Å². The highest BCUT2D eigenvalue weighted by molar-refractivity contribution is 5.82. The summed E-state index contributed by atoms with van der Waals surface area (Å²) in [4.78, 5) is 0. The average molecular weight is 417 g/mol. The molecule has 0 spiro atoms. The zero-order valence-corrected chi connectivity index (χ0v) is 19.6. The van der Waals surface area contributed by atoms with Crippen molar-refractivity contribution in [3.63, 3.8) is 0 Å². The second kappa shape index (κ2) is 13.2. The van der Waals surface area contributed by atoms with Gasteiger partial charge in [0.1, 0.15) is 0 Å². The fourth-order valence-corrected chi connectivity index (χ4v) is 4.77. The maximum atomic E-state index is 4.25. The lowest BCUT2D eigenvalue weighted by Crippen LogP contribution is -2.13. The van der Waals surface area contributed by atoms with Crippen LogP contribution in [0.2, 0.25) is 0 Å². The van der Waals surface area contributed by atoms with E-state index >= 15 is 0 Å². The van der Waals surface area contributed by atoms with E-state index in [1.165, 1.54) is 81.8 Å². The zero-order valence-electron chi connectivity index (χ0n) is 19.6. The predicted octanol–water partition coefficient (Wildman–Crippen LogP) is 8.34. The molecule has 2 nitrogen and oxygen atoms in total. The highest BCUT2D eigenvalue weighted by atomic mass is 15.2. The van der Waals surface area contributed by atoms with Crippen LogP contribution in [0.25, 0.3) is 0 Å². The van der Waals surface area contributed by atoms with Crippen molar-refractivity contribution in [3.8, 4) is 0 Å². The molecule has 2 heteroatoms. The van der Waals surface area contributed by atoms with E-state index in [2.05, 4.69) is 72.6 Å². The lowest BCUT2D eigenvalue weighted by molar-refractivity contribution is 0.308. The zero-order chi connectivity index (χ0) is 21.7. The van der Waals surface area contributed by atoms with E-state index in [0.717, 1.165) is 23.0 Å². The van der Waals surface area contributed by atoms with Crippen LogP contribution in [-0.4, -0.2) is 12.4 Å². The van der Waals surface area contributed by atoms with Gasteiger partial charge >= 0.3 is 0 Å². The van der Waals surface area contributed by atoms with Crippen LogP contribution in [0, 0.1) is 5.92 Å². The lowest BCUT2D eigenvalue weighted by atomic mass is 9.77. The molecule has 0 atom stereocenters. The van der Waals surface area contributed by atoms with Gasteiger partial charge in [-0.05, 0) is 72.6 Å². The molecule has 0 bridgehead atoms. The molecule has 0 radical (unpaired) electrons. The minimum atomic E-state index is 0.742. The minimum absolute atomic E-state index is 0.742. The van der Waals surface area contributed by atoms with Gasteiger partial charge in [-0.1, -0.05) is 94.5 Å². The van der Waals surface area contributed by atoms with Crippen molar-refractivity contribution in [3.05, 3.63) is 70.8 Å². The predicted molar refractivity (Wildman–Crippen MR) is 136 cm³/mol. The monoisotopic (exact) mass is 416 g/mol. The standard InChI is InChI=1S/C29H40N2/c1-3-5-6-7-9-25-10-12-26(13-11-25)22-30-31-23-27-16-20-29(21-17-27)28-18-14-24(8-4-2)15-19-28/h10-13,16-17,20-24,28H,3-9,14-15,18-19H2,1-2H3. The van der Waals surface area contributed by atoms with Gasteiger partial charge in [0, 0.05) is 0 Å². The Hall–Kier alpha value is -2.22. The molecule has 166 valence electrons. The van der Waals surface area contributed by atoms with E-state index in [-0.39, 0.29) is 0 Å². The Kier molecular flexibility index (Phi) is 10.0. The molecule has 0 aromatic heterocycles. The fourth-order valence-electron chi connectivity index (χ4n) is 4.77. The lowest BCUT2D eigenvalue weighted by Gasteiger charge is -2.28. The van der Waals surface area contributed by atoms with E-state index in [0.29, 0.717) is 0 Å². The first-order valence-corrected chi connectivity index (χ1v) is 12.5. The molecular formula is C29H40N2. The molecule has 31 heavy (non-hydrogen) atoms. The van der Waals surface area contributed by atoms with E-state index in [9.17, 15) is 0 Å². The highest BCUT2D eigenvalue weighted by Crippen LogP contribution is 2.37. The summed E-state index contributed by atoms with van der Waals surface area (Å²) in [6.45, 7) is 4.56. The minimum Gasteiger partial charge on any atom is -0.159 e. The summed E-state index contributed by atoms with van der Waals surface area (Å²) < 4.78 is 0. The van der Waals surface area contributed by atoms with Crippen LogP contribution in [0.3, 0.4) is 0 Å². The Morgan fingerprint density at radius 2 is 1.32 bits per heavy atom. The molecule has 0 saturated heterocycles. The van der Waals surface area contributed by atoms with Gasteiger partial charge in [-0.15, -0.1) is 0 Å². The van der Waals surface area contributed by atoms with Crippen molar-refractivity contribution < 1.29 is 0 Å². The first-order chi connectivity index (χ1) is 15.3. The molecular weight excluding hydrogens is 376 g/mol. The summed E-state index contributed by atoms with van der Waals surface area (Å²) in [5, 5.41) is 8.48. The number of hydrogen-bond donors (Lipinski definition) is 0. The van der Waals surface area contributed by atoms with Crippen LogP contribution in [-0.2, 0) is 6.42 Å². The summed E-state index contributed by atoms with van der Waals surface area (Å²) in [7, 11) is 0. The van der Waals surface area contributed by atoms with Gasteiger partial charge in [0.15, 0.2) is 0 Å². The molecule has 2 aromatic carbocycles. The van der Waals surface area contributed by atoms with Crippen LogP contribution in [0.1, 0.15) is 106 Å². The SMILES string of the molecule is CCCCCCc1ccc(C=NN=Cc2ccc(C3CCC(CCC)CC3)cc2)cc1. The van der Waals surface area contributed by atoms with Crippen LogP contribution < -0.4 is 0 Å². The smallest absolute Gasteiger partial charge is 0.0568 e. The number of aryl methyl sites for hydroxylation is 1. The third-order valence-corrected chi connectivity index (χ3v) is 6.73. The van der Waals surface area contributed by atoms with Gasteiger partial charge in [0.25, 0.3) is 0 Å². The van der Waals surface area contributed by atoms with Crippen LogP contribution in [0.15, 0.2) is 58.7 Å². The second-order valence-electron chi connectivity index (χ2n) is 9.21. The Balaban J connectivity index is 1.44. The maximum Gasteiger partial charge on any atom is 0.0568 e. The van der Waals surface area contributed by atoms with Crippen molar-refractivity contribution in [2.24, 2.45) is 16.1 Å². The molecule has 0 heterocycles. The second-order valence-corrected chi connectivity index (χ2v) is 9.21. The van der Waals surface area contributed by atoms with Crippen LogP contribution in [0.4, 0.5) is 0 Å². The number of benzene rings is 2. The van der Waals surface area contributed by atoms with E-state index < -0.39 is 0 Å². The highest BCUT2D eigenvalue weighted by Gasteiger charge is 2.21. The van der Waals surface area contributed by atoms with Crippen LogP contribution in [0.5, 0.6) is 0 Å². The molecule has 0 aliphatic heterocycles. The van der Waals surface area contributed by atoms with Crippen molar-refractivity contribution in [1.29, 1.82) is 0 Å². The van der Waals surface area contributed by atoms with Gasteiger partial charge in [0.05, 0.1) is 12.4 Å². The molecule has 2 aromatic rings. The van der Waals surface area contributed by atoms with Crippen molar-refractivity contribution in [1.82, 2.24) is 0 Å². The molecule has 1 aliphatic rings. The first kappa shape index (κ1) is 23.4. The Bertz CT molecular complexity index is 794. The Morgan fingerprint density at radius 1 is 0.710 bits per heavy atom. The van der Waals surface area contributed by atoms with Gasteiger partial charge in [-0.25, -0.2) is 0 Å². The quantitative estimate of drug-likeness (QED) is 0.200. The summed E-state index contributed by atoms with van der Waals surface area (Å²) in [5.41, 5.74) is 5.12. The van der Waals surface area contributed by atoms with Gasteiger partial charge < -0.3 is 0 Å². The molecule has 1 fully saturated rings. The average Bonchev–Trinajstić information content (AvgIpc) is 2.82. The number of hydrogen-bond acceptors (Lipinski definition) is 2. The summed E-state index contributed by atoms with van der Waals surface area (Å²) >= 11 is 0. The van der Waals surface area contributed by atoms with E-state index in [4.69, 9.17) is 0 Å². The summed E-state index contributed by atoms with van der Waals surface area (Å²) in [5.74, 6) is 1.71. The summed E-state index contributed by atoms with van der Waals surface area (Å²) in [6, 6.07) is 17.6. The topological polar surface area (TPSA) is 24.7 Å². The third-order valence-electron chi connectivity index (χ3n) is 6.73. The van der Waals surface area contributed by atoms with E-state index in [1.54, 1.807) is 0 Å². The molecule has 0 amide bonds. The van der Waals surface area contributed by atoms with Crippen molar-refractivity contribution in [2.75, 3.05) is 0 Å². The van der Waals surface area contributed by atoms with Crippen molar-refractivity contribution >= 4 is 12.4 Å². The molecule has 1 aliphatic carbocycles. The molecule has 0 N–H and O–H groups in total. The number of nitrogens with zero attached hydrogens (tertiary/aromatic N) is 2. The van der Waals surface area contributed by atoms with Crippen LogP contribution >= 0.6 is 0 Å².